The minimum absolute atomic E-state index is 0.150. The fraction of sp³-hybridized carbons (Fsp3) is 0.462. The van der Waals surface area contributed by atoms with Crippen LogP contribution in [0.1, 0.15) is 67.1 Å². The van der Waals surface area contributed by atoms with Gasteiger partial charge in [0.2, 0.25) is 23.4 Å². The maximum Gasteiger partial charge on any atom is 0.287 e. The Labute approximate surface area is 228 Å². The lowest BCUT2D eigenvalue weighted by molar-refractivity contribution is -0.138. The topological polar surface area (TPSA) is 199 Å². The van der Waals surface area contributed by atoms with Gasteiger partial charge in [-0.2, -0.15) is 0 Å². The Bertz CT molecular complexity index is 1410. The van der Waals surface area contributed by atoms with Crippen LogP contribution in [0, 0.1) is 5.92 Å². The van der Waals surface area contributed by atoms with Gasteiger partial charge in [-0.25, -0.2) is 4.98 Å². The molecule has 2 aromatic heterocycles. The van der Waals surface area contributed by atoms with Crippen molar-refractivity contribution in [3.8, 4) is 0 Å². The van der Waals surface area contributed by atoms with Crippen LogP contribution < -0.4 is 26.8 Å². The zero-order valence-corrected chi connectivity index (χ0v) is 22.1. The minimum Gasteiger partial charge on any atom is -0.441 e. The van der Waals surface area contributed by atoms with Gasteiger partial charge in [-0.1, -0.05) is 0 Å². The third kappa shape index (κ3) is 6.33. The fourth-order valence-electron chi connectivity index (χ4n) is 4.79. The lowest BCUT2D eigenvalue weighted by Gasteiger charge is -2.61. The molecule has 3 fully saturated rings. The Morgan fingerprint density at radius 2 is 1.90 bits per heavy atom. The molecule has 2 aromatic rings. The maximum atomic E-state index is 13.2. The minimum atomic E-state index is -1.37. The Morgan fingerprint density at radius 3 is 2.50 bits per heavy atom. The number of hydrogen-bond acceptors (Lipinski definition) is 9. The van der Waals surface area contributed by atoms with E-state index in [1.165, 1.54) is 25.3 Å². The molecular formula is C26H30N6O8. The van der Waals surface area contributed by atoms with Crippen molar-refractivity contribution in [3.05, 3.63) is 46.5 Å². The zero-order valence-electron chi connectivity index (χ0n) is 22.1. The summed E-state index contributed by atoms with van der Waals surface area (Å²) in [5, 5.41) is 10.2. The monoisotopic (exact) mass is 554 g/mol. The van der Waals surface area contributed by atoms with Crippen LogP contribution in [0.3, 0.4) is 0 Å². The maximum absolute atomic E-state index is 13.2. The van der Waals surface area contributed by atoms with Crippen LogP contribution in [0.4, 0.5) is 5.69 Å². The predicted molar refractivity (Wildman–Crippen MR) is 138 cm³/mol. The van der Waals surface area contributed by atoms with Crippen molar-refractivity contribution < 1.29 is 33.2 Å². The summed E-state index contributed by atoms with van der Waals surface area (Å²) in [7, 11) is 0. The second kappa shape index (κ2) is 11.6. The summed E-state index contributed by atoms with van der Waals surface area (Å²) in [6.07, 6.45) is 4.54. The normalized spacial score (nSPS) is 19.3. The fourth-order valence-corrected chi connectivity index (χ4v) is 4.79. The highest BCUT2D eigenvalue weighted by Gasteiger charge is 2.57. The molecule has 212 valence electrons. The molecule has 0 spiro atoms. The molecule has 3 aliphatic rings. The van der Waals surface area contributed by atoms with Crippen molar-refractivity contribution in [3.63, 3.8) is 0 Å². The number of amides is 4. The van der Waals surface area contributed by atoms with E-state index in [9.17, 15) is 33.6 Å². The number of rotatable bonds is 13. The van der Waals surface area contributed by atoms with Crippen LogP contribution in [0.25, 0.3) is 0 Å². The van der Waals surface area contributed by atoms with E-state index < -0.39 is 40.9 Å². The molecule has 0 saturated heterocycles. The molecule has 0 unspecified atom stereocenters. The predicted octanol–water partition coefficient (Wildman–Crippen LogP) is -0.0699. The van der Waals surface area contributed by atoms with Crippen LogP contribution >= 0.6 is 0 Å². The van der Waals surface area contributed by atoms with E-state index in [4.69, 9.17) is 4.42 Å². The molecule has 4 amide bonds. The van der Waals surface area contributed by atoms with Gasteiger partial charge in [-0.15, -0.1) is 0 Å². The van der Waals surface area contributed by atoms with Gasteiger partial charge in [0.1, 0.15) is 24.5 Å². The number of ketones is 2. The summed E-state index contributed by atoms with van der Waals surface area (Å²) in [4.78, 5) is 90.5. The first-order valence-corrected chi connectivity index (χ1v) is 12.9. The van der Waals surface area contributed by atoms with Gasteiger partial charge >= 0.3 is 0 Å². The average Bonchev–Trinajstić information content (AvgIpc) is 3.36. The Balaban J connectivity index is 1.45. The molecule has 40 heavy (non-hydrogen) atoms. The number of nitrogens with zero attached hydrogens (tertiary/aromatic N) is 2. The number of oxazole rings is 1. The van der Waals surface area contributed by atoms with Gasteiger partial charge in [0, 0.05) is 31.6 Å². The first kappa shape index (κ1) is 28.4. The molecule has 4 N–H and O–H groups in total. The number of hydrogen-bond donors (Lipinski definition) is 4. The van der Waals surface area contributed by atoms with Crippen LogP contribution in [0.5, 0.6) is 0 Å². The van der Waals surface area contributed by atoms with Gasteiger partial charge in [-0.05, 0) is 50.7 Å². The number of likely N-dealkylation sites (N-methyl/N-ethyl adjacent to an activating group) is 1. The highest BCUT2D eigenvalue weighted by atomic mass is 16.3. The highest BCUT2D eigenvalue weighted by molar-refractivity contribution is 6.36. The van der Waals surface area contributed by atoms with E-state index >= 15 is 0 Å². The number of Topliss-reactive ketones (excluding diaryl/α,β-unsaturated/α-hetero) is 2. The Kier molecular flexibility index (Phi) is 8.26. The first-order valence-electron chi connectivity index (χ1n) is 12.9. The molecule has 3 saturated carbocycles. The summed E-state index contributed by atoms with van der Waals surface area (Å²) < 4.78 is 6.09. The largest absolute Gasteiger partial charge is 0.441 e. The number of pyridine rings is 1. The number of nitrogens with one attached hydrogen (secondary N) is 4. The molecular weight excluding hydrogens is 524 g/mol. The molecule has 1 atom stereocenters. The molecule has 0 aromatic carbocycles. The molecule has 2 bridgehead atoms. The molecule has 2 heterocycles. The van der Waals surface area contributed by atoms with Crippen molar-refractivity contribution in [1.82, 2.24) is 25.5 Å². The summed E-state index contributed by atoms with van der Waals surface area (Å²) >= 11 is 0. The van der Waals surface area contributed by atoms with Crippen molar-refractivity contribution >= 4 is 40.9 Å². The van der Waals surface area contributed by atoms with E-state index in [0.717, 1.165) is 30.1 Å². The van der Waals surface area contributed by atoms with Crippen LogP contribution in [-0.4, -0.2) is 62.9 Å². The zero-order chi connectivity index (χ0) is 29.0. The molecule has 0 aliphatic heterocycles. The smallest absolute Gasteiger partial charge is 0.287 e. The van der Waals surface area contributed by atoms with E-state index in [1.807, 2.05) is 0 Å². The lowest BCUT2D eigenvalue weighted by Crippen LogP contribution is -2.68. The number of carbonyl (C=O) groups excluding carboxylic acids is 6. The van der Waals surface area contributed by atoms with E-state index in [1.54, 1.807) is 6.92 Å². The SMILES string of the molecule is CCNC(=O)C(=O)CC[C@H](NC(=O)c1coc(C(C)=O)n1)C(=O)Nc1cccn(CC(=O)NC23CC(C2)C3)c1=O. The van der Waals surface area contributed by atoms with Crippen molar-refractivity contribution in [2.24, 2.45) is 5.92 Å². The van der Waals surface area contributed by atoms with Crippen LogP contribution in [-0.2, 0) is 25.7 Å². The third-order valence-electron chi connectivity index (χ3n) is 6.95. The van der Waals surface area contributed by atoms with Gasteiger partial charge in [-0.3, -0.25) is 33.6 Å². The summed E-state index contributed by atoms with van der Waals surface area (Å²) in [5.41, 5.74) is -1.23. The highest BCUT2D eigenvalue weighted by Crippen LogP contribution is 2.56. The van der Waals surface area contributed by atoms with Crippen molar-refractivity contribution in [2.75, 3.05) is 11.9 Å². The Hall–Kier alpha value is -4.62. The second-order valence-corrected chi connectivity index (χ2v) is 10.1. The summed E-state index contributed by atoms with van der Waals surface area (Å²) in [6, 6.07) is 1.45. The lowest BCUT2D eigenvalue weighted by atomic mass is 9.50. The molecule has 14 heteroatoms. The van der Waals surface area contributed by atoms with Crippen LogP contribution in [0.2, 0.25) is 0 Å². The molecule has 3 aliphatic carbocycles. The van der Waals surface area contributed by atoms with E-state index in [-0.39, 0.29) is 54.6 Å². The molecule has 0 radical (unpaired) electrons. The summed E-state index contributed by atoms with van der Waals surface area (Å²) in [5.74, 6) is -3.82. The number of aromatic nitrogens is 2. The molecule has 5 rings (SSSR count). The number of anilines is 1. The standard InChI is InChI=1S/C26H30N6O8/c1-3-27-23(38)19(34)7-6-16(28-22(37)18-13-40-24(30-18)14(2)33)21(36)29-17-5-4-8-32(25(17)39)12-20(35)31-26-9-15(10-26)11-26/h4-5,8,13,15-16H,3,6-7,9-12H2,1-2H3,(H,27,38)(H,28,37)(H,29,36)(H,31,35)/t15?,16-,26?/m0/s1. The van der Waals surface area contributed by atoms with Gasteiger partial charge in [0.15, 0.2) is 5.69 Å². The van der Waals surface area contributed by atoms with Crippen molar-refractivity contribution in [2.45, 2.75) is 64.1 Å². The van der Waals surface area contributed by atoms with E-state index in [0.29, 0.717) is 5.92 Å². The van der Waals surface area contributed by atoms with Crippen LogP contribution in [0.15, 0.2) is 33.8 Å². The molecule has 14 nitrogen and oxygen atoms in total. The van der Waals surface area contributed by atoms with Gasteiger partial charge in [0.25, 0.3) is 23.3 Å². The third-order valence-corrected chi connectivity index (χ3v) is 6.95. The van der Waals surface area contributed by atoms with Gasteiger partial charge < -0.3 is 30.3 Å². The number of carbonyl (C=O) groups is 6. The van der Waals surface area contributed by atoms with Gasteiger partial charge in [0.05, 0.1) is 0 Å². The quantitative estimate of drug-likeness (QED) is 0.193. The first-order chi connectivity index (χ1) is 19.0. The summed E-state index contributed by atoms with van der Waals surface area (Å²) in [6.45, 7) is 2.83. The van der Waals surface area contributed by atoms with Crippen molar-refractivity contribution in [1.29, 1.82) is 0 Å². The average molecular weight is 555 g/mol. The van der Waals surface area contributed by atoms with E-state index in [2.05, 4.69) is 26.3 Å². The second-order valence-electron chi connectivity index (χ2n) is 10.1. The Morgan fingerprint density at radius 1 is 1.18 bits per heavy atom.